The minimum absolute atomic E-state index is 0.266. The Labute approximate surface area is 159 Å². The van der Waals surface area contributed by atoms with Crippen molar-refractivity contribution in [1.29, 1.82) is 0 Å². The predicted octanol–water partition coefficient (Wildman–Crippen LogP) is 2.68. The summed E-state index contributed by atoms with van der Waals surface area (Å²) >= 11 is 0. The number of hydrogen-bond acceptors (Lipinski definition) is 5. The van der Waals surface area contributed by atoms with Gasteiger partial charge >= 0.3 is 0 Å². The van der Waals surface area contributed by atoms with Gasteiger partial charge in [0.1, 0.15) is 5.82 Å². The maximum absolute atomic E-state index is 13.0. The van der Waals surface area contributed by atoms with Gasteiger partial charge in [0.2, 0.25) is 5.91 Å². The quantitative estimate of drug-likeness (QED) is 0.839. The van der Waals surface area contributed by atoms with Crippen molar-refractivity contribution in [2.45, 2.75) is 38.6 Å². The second kappa shape index (κ2) is 6.01. The Hall–Kier alpha value is -2.50. The molecule has 3 aliphatic rings. The Morgan fingerprint density at radius 1 is 1.22 bits per heavy atom. The van der Waals surface area contributed by atoms with Gasteiger partial charge in [-0.3, -0.25) is 9.78 Å². The van der Waals surface area contributed by atoms with Gasteiger partial charge in [0, 0.05) is 50.1 Å². The Balaban J connectivity index is 1.46. The Morgan fingerprint density at radius 2 is 2.00 bits per heavy atom. The number of anilines is 1. The average Bonchev–Trinajstić information content (AvgIpc) is 3.43. The van der Waals surface area contributed by atoms with Crippen LogP contribution in [0.1, 0.15) is 36.9 Å². The number of aromatic nitrogens is 3. The van der Waals surface area contributed by atoms with Crippen LogP contribution in [0.5, 0.6) is 0 Å². The lowest BCUT2D eigenvalue weighted by Crippen LogP contribution is -2.39. The van der Waals surface area contributed by atoms with E-state index >= 15 is 0 Å². The molecule has 2 saturated carbocycles. The summed E-state index contributed by atoms with van der Waals surface area (Å²) in [5.41, 5.74) is 3.49. The largest absolute Gasteiger partial charge is 0.362 e. The summed E-state index contributed by atoms with van der Waals surface area (Å²) in [5, 5.41) is 0. The number of rotatable bonds is 3. The standard InChI is InChI=1S/C21H25N5O/c1-25(2)19-15-6-11-26(20(27)16-12-21(16)7-3-8-21)13-17(15)23-18(24-19)14-4-9-22-10-5-14/h4-5,9-10,16H,3,6-8,11-13H2,1-2H3. The van der Waals surface area contributed by atoms with E-state index in [2.05, 4.69) is 4.98 Å². The van der Waals surface area contributed by atoms with Crippen molar-refractivity contribution in [2.24, 2.45) is 11.3 Å². The zero-order chi connectivity index (χ0) is 18.6. The van der Waals surface area contributed by atoms with E-state index in [4.69, 9.17) is 9.97 Å². The highest BCUT2D eigenvalue weighted by Gasteiger charge is 2.61. The van der Waals surface area contributed by atoms with Crippen molar-refractivity contribution in [3.05, 3.63) is 35.8 Å². The molecule has 140 valence electrons. The third kappa shape index (κ3) is 2.69. The van der Waals surface area contributed by atoms with Gasteiger partial charge < -0.3 is 9.80 Å². The summed E-state index contributed by atoms with van der Waals surface area (Å²) in [7, 11) is 4.03. The van der Waals surface area contributed by atoms with Crippen molar-refractivity contribution in [3.8, 4) is 11.4 Å². The monoisotopic (exact) mass is 363 g/mol. The second-order valence-electron chi connectivity index (χ2n) is 8.41. The number of pyridine rings is 1. The van der Waals surface area contributed by atoms with Crippen LogP contribution in [0.2, 0.25) is 0 Å². The van der Waals surface area contributed by atoms with Gasteiger partial charge in [-0.05, 0) is 43.2 Å². The number of carbonyl (C=O) groups is 1. The van der Waals surface area contributed by atoms with Gasteiger partial charge in [-0.25, -0.2) is 9.97 Å². The van der Waals surface area contributed by atoms with Gasteiger partial charge in [-0.1, -0.05) is 6.42 Å². The molecule has 1 aliphatic heterocycles. The summed E-state index contributed by atoms with van der Waals surface area (Å²) in [6.45, 7) is 1.37. The Bertz CT molecular complexity index is 891. The molecule has 2 aliphatic carbocycles. The highest BCUT2D eigenvalue weighted by molar-refractivity contribution is 5.83. The first-order valence-electron chi connectivity index (χ1n) is 9.84. The van der Waals surface area contributed by atoms with Crippen LogP contribution in [0.4, 0.5) is 5.82 Å². The fourth-order valence-electron chi connectivity index (χ4n) is 4.70. The molecule has 0 saturated heterocycles. The normalized spacial score (nSPS) is 22.1. The summed E-state index contributed by atoms with van der Waals surface area (Å²) in [4.78, 5) is 30.8. The third-order valence-corrected chi connectivity index (χ3v) is 6.55. The molecular formula is C21H25N5O. The molecule has 2 aromatic rings. The molecular weight excluding hydrogens is 338 g/mol. The molecule has 0 N–H and O–H groups in total. The lowest BCUT2D eigenvalue weighted by molar-refractivity contribution is -0.135. The molecule has 0 aromatic carbocycles. The zero-order valence-corrected chi connectivity index (χ0v) is 16.0. The molecule has 2 fully saturated rings. The molecule has 3 heterocycles. The number of hydrogen-bond donors (Lipinski definition) is 0. The van der Waals surface area contributed by atoms with Crippen LogP contribution in [-0.2, 0) is 17.8 Å². The fourth-order valence-corrected chi connectivity index (χ4v) is 4.70. The maximum Gasteiger partial charge on any atom is 0.226 e. The molecule has 6 heteroatoms. The van der Waals surface area contributed by atoms with E-state index in [0.717, 1.165) is 36.5 Å². The van der Waals surface area contributed by atoms with Crippen LogP contribution in [-0.4, -0.2) is 46.4 Å². The summed E-state index contributed by atoms with van der Waals surface area (Å²) in [6, 6.07) is 3.86. The minimum atomic E-state index is 0.266. The van der Waals surface area contributed by atoms with Crippen molar-refractivity contribution < 1.29 is 4.79 Å². The molecule has 1 unspecified atom stereocenters. The van der Waals surface area contributed by atoms with Crippen molar-refractivity contribution in [1.82, 2.24) is 19.9 Å². The molecule has 0 radical (unpaired) electrons. The molecule has 0 bridgehead atoms. The molecule has 1 atom stereocenters. The maximum atomic E-state index is 13.0. The lowest BCUT2D eigenvalue weighted by Gasteiger charge is -2.33. The second-order valence-corrected chi connectivity index (χ2v) is 8.41. The summed E-state index contributed by atoms with van der Waals surface area (Å²) < 4.78 is 0. The summed E-state index contributed by atoms with van der Waals surface area (Å²) in [6.07, 6.45) is 9.22. The van der Waals surface area contributed by atoms with Gasteiger partial charge in [0.15, 0.2) is 5.82 Å². The van der Waals surface area contributed by atoms with Crippen LogP contribution < -0.4 is 4.90 Å². The van der Waals surface area contributed by atoms with E-state index in [0.29, 0.717) is 23.7 Å². The van der Waals surface area contributed by atoms with Crippen molar-refractivity contribution >= 4 is 11.7 Å². The number of carbonyl (C=O) groups excluding carboxylic acids is 1. The van der Waals surface area contributed by atoms with Crippen molar-refractivity contribution in [2.75, 3.05) is 25.5 Å². The van der Waals surface area contributed by atoms with Gasteiger partial charge in [-0.15, -0.1) is 0 Å². The van der Waals surface area contributed by atoms with Gasteiger partial charge in [0.05, 0.1) is 12.2 Å². The van der Waals surface area contributed by atoms with Gasteiger partial charge in [0.25, 0.3) is 0 Å². The number of amides is 1. The van der Waals surface area contributed by atoms with Gasteiger partial charge in [-0.2, -0.15) is 0 Å². The van der Waals surface area contributed by atoms with Crippen LogP contribution in [0.3, 0.4) is 0 Å². The number of nitrogens with zero attached hydrogens (tertiary/aromatic N) is 5. The minimum Gasteiger partial charge on any atom is -0.362 e. The third-order valence-electron chi connectivity index (χ3n) is 6.55. The van der Waals surface area contributed by atoms with E-state index in [1.165, 1.54) is 24.8 Å². The van der Waals surface area contributed by atoms with Crippen LogP contribution in [0.25, 0.3) is 11.4 Å². The topological polar surface area (TPSA) is 62.2 Å². The van der Waals surface area contributed by atoms with E-state index in [1.807, 2.05) is 36.0 Å². The lowest BCUT2D eigenvalue weighted by atomic mass is 9.79. The van der Waals surface area contributed by atoms with E-state index < -0.39 is 0 Å². The fraction of sp³-hybridized carbons (Fsp3) is 0.524. The molecule has 1 spiro atoms. The molecule has 2 aromatic heterocycles. The molecule has 5 rings (SSSR count). The molecule has 6 nitrogen and oxygen atoms in total. The summed E-state index contributed by atoms with van der Waals surface area (Å²) in [5.74, 6) is 2.27. The van der Waals surface area contributed by atoms with E-state index in [9.17, 15) is 4.79 Å². The number of fused-ring (bicyclic) bond motifs is 1. The van der Waals surface area contributed by atoms with Crippen molar-refractivity contribution in [3.63, 3.8) is 0 Å². The zero-order valence-electron chi connectivity index (χ0n) is 16.0. The first-order chi connectivity index (χ1) is 13.1. The SMILES string of the molecule is CN(C)c1nc(-c2ccncc2)nc2c1CCN(C(=O)C1CC13CCC3)C2. The van der Waals surface area contributed by atoms with Crippen LogP contribution in [0, 0.1) is 11.3 Å². The molecule has 27 heavy (non-hydrogen) atoms. The highest BCUT2D eigenvalue weighted by atomic mass is 16.2. The Kier molecular flexibility index (Phi) is 3.71. The highest BCUT2D eigenvalue weighted by Crippen LogP contribution is 2.66. The van der Waals surface area contributed by atoms with E-state index in [1.54, 1.807) is 12.4 Å². The first-order valence-corrected chi connectivity index (χ1v) is 9.84. The first kappa shape index (κ1) is 16.7. The van der Waals surface area contributed by atoms with Crippen LogP contribution in [0.15, 0.2) is 24.5 Å². The average molecular weight is 363 g/mol. The molecule has 1 amide bonds. The predicted molar refractivity (Wildman–Crippen MR) is 103 cm³/mol. The smallest absolute Gasteiger partial charge is 0.226 e. The van der Waals surface area contributed by atoms with Crippen LogP contribution >= 0.6 is 0 Å². The van der Waals surface area contributed by atoms with E-state index in [-0.39, 0.29) is 5.92 Å². The Morgan fingerprint density at radius 3 is 2.63 bits per heavy atom.